The fourth-order valence-corrected chi connectivity index (χ4v) is 2.31. The van der Waals surface area contributed by atoms with Crippen LogP contribution in [0.25, 0.3) is 16.9 Å². The Kier molecular flexibility index (Phi) is 8.00. The molecule has 0 aliphatic carbocycles. The molecule has 2 heterocycles. The van der Waals surface area contributed by atoms with Gasteiger partial charge in [0, 0.05) is 18.0 Å². The van der Waals surface area contributed by atoms with Crippen molar-refractivity contribution in [2.24, 2.45) is 0 Å². The van der Waals surface area contributed by atoms with Gasteiger partial charge >= 0.3 is 37.1 Å². The molecule has 0 saturated carbocycles. The standard InChI is InChI=1S/C17H15N4O3.CH3.U/c1-2-11-3-5-12(6-4-11)14-7-8-18-15-9-13(20-21(14)15)17(24)19-10-16(22)23;;/h3,5-9H,2,10H2,1H3,(H,19,24)(H,22,23);1H3;/q2*-1;+2. The number of aliphatic carboxylic acids is 1. The summed E-state index contributed by atoms with van der Waals surface area (Å²) in [4.78, 5) is 26.7. The molecule has 0 aliphatic heterocycles. The van der Waals surface area contributed by atoms with Gasteiger partial charge in [-0.15, -0.1) is 5.56 Å². The normalized spacial score (nSPS) is 9.88. The molecule has 0 spiro atoms. The number of nitrogens with zero attached hydrogens (tertiary/aromatic N) is 3. The number of aromatic nitrogens is 3. The summed E-state index contributed by atoms with van der Waals surface area (Å²) in [5, 5.41) is 15.2. The minimum Gasteiger partial charge on any atom is -0.480 e. The Morgan fingerprint density at radius 3 is 2.69 bits per heavy atom. The van der Waals surface area contributed by atoms with Crippen molar-refractivity contribution in [1.29, 1.82) is 0 Å². The number of carbonyl (C=O) groups excluding carboxylic acids is 1. The monoisotopic (exact) mass is 576 g/mol. The van der Waals surface area contributed by atoms with Crippen molar-refractivity contribution in [1.82, 2.24) is 19.9 Å². The number of benzene rings is 1. The van der Waals surface area contributed by atoms with E-state index in [4.69, 9.17) is 5.11 Å². The van der Waals surface area contributed by atoms with Gasteiger partial charge in [0.15, 0.2) is 11.3 Å². The second kappa shape index (κ2) is 9.51. The van der Waals surface area contributed by atoms with Crippen molar-refractivity contribution in [2.45, 2.75) is 13.3 Å². The van der Waals surface area contributed by atoms with E-state index >= 15 is 0 Å². The molecule has 7 nitrogen and oxygen atoms in total. The van der Waals surface area contributed by atoms with Gasteiger partial charge in [-0.1, -0.05) is 13.3 Å². The van der Waals surface area contributed by atoms with Crippen LogP contribution in [0.2, 0.25) is 0 Å². The van der Waals surface area contributed by atoms with E-state index in [1.165, 1.54) is 6.07 Å². The van der Waals surface area contributed by atoms with Gasteiger partial charge < -0.3 is 17.8 Å². The summed E-state index contributed by atoms with van der Waals surface area (Å²) < 4.78 is 1.56. The molecule has 0 aliphatic rings. The molecule has 0 fully saturated rings. The van der Waals surface area contributed by atoms with Crippen LogP contribution in [-0.4, -0.2) is 38.1 Å². The van der Waals surface area contributed by atoms with Gasteiger partial charge in [-0.3, -0.25) is 9.59 Å². The van der Waals surface area contributed by atoms with Gasteiger partial charge in [0.2, 0.25) is 0 Å². The SMILES string of the molecule is CCc1[c-]cc(-c2ccnc3cc(C(=O)NCC(=O)O)nn23)cc1.[CH3-].[U+2]. The summed E-state index contributed by atoms with van der Waals surface area (Å²) >= 11 is 0. The number of carbonyl (C=O) groups is 2. The Labute approximate surface area is 175 Å². The minimum atomic E-state index is -1.11. The van der Waals surface area contributed by atoms with Crippen LogP contribution < -0.4 is 5.32 Å². The molecule has 3 rings (SSSR count). The van der Waals surface area contributed by atoms with E-state index in [0.717, 1.165) is 23.2 Å². The van der Waals surface area contributed by atoms with Crippen LogP contribution in [-0.2, 0) is 11.2 Å². The molecule has 0 radical (unpaired) electrons. The van der Waals surface area contributed by atoms with Gasteiger partial charge in [-0.05, 0) is 6.07 Å². The molecule has 26 heavy (non-hydrogen) atoms. The predicted octanol–water partition coefficient (Wildman–Crippen LogP) is 2.02. The van der Waals surface area contributed by atoms with E-state index in [2.05, 4.69) is 28.4 Å². The number of nitrogens with one attached hydrogen (secondary N) is 1. The number of carboxylic acids is 1. The molecule has 1 aromatic carbocycles. The molecular formula is C18H18N4O3U. The van der Waals surface area contributed by atoms with Gasteiger partial charge in [0.1, 0.15) is 6.54 Å². The second-order valence-electron chi connectivity index (χ2n) is 5.16. The summed E-state index contributed by atoms with van der Waals surface area (Å²) in [5.74, 6) is -1.67. The van der Waals surface area contributed by atoms with Gasteiger partial charge in [-0.2, -0.15) is 34.9 Å². The molecule has 3 aromatic rings. The number of aryl methyl sites for hydroxylation is 1. The maximum Gasteiger partial charge on any atom is 2.00 e. The maximum atomic E-state index is 12.0. The predicted molar refractivity (Wildman–Crippen MR) is 93.0 cm³/mol. The summed E-state index contributed by atoms with van der Waals surface area (Å²) in [6.45, 7) is 1.60. The topological polar surface area (TPSA) is 96.6 Å². The first-order valence-corrected chi connectivity index (χ1v) is 7.44. The molecule has 1 amide bonds. The van der Waals surface area contributed by atoms with Crippen molar-refractivity contribution >= 4 is 17.5 Å². The Bertz CT molecular complexity index is 906. The van der Waals surface area contributed by atoms with E-state index in [0.29, 0.717) is 5.65 Å². The van der Waals surface area contributed by atoms with Crippen LogP contribution >= 0.6 is 0 Å². The zero-order valence-corrected chi connectivity index (χ0v) is 18.6. The summed E-state index contributed by atoms with van der Waals surface area (Å²) in [7, 11) is 0. The van der Waals surface area contributed by atoms with E-state index in [-0.39, 0.29) is 44.2 Å². The van der Waals surface area contributed by atoms with Crippen LogP contribution in [0.3, 0.4) is 0 Å². The van der Waals surface area contributed by atoms with E-state index in [1.807, 2.05) is 18.2 Å². The number of hydrogen-bond acceptors (Lipinski definition) is 4. The zero-order chi connectivity index (χ0) is 17.1. The summed E-state index contributed by atoms with van der Waals surface area (Å²) in [5.41, 5.74) is 3.41. The number of fused-ring (bicyclic) bond motifs is 1. The first-order valence-electron chi connectivity index (χ1n) is 7.44. The third-order valence-electron chi connectivity index (χ3n) is 3.54. The Hall–Kier alpha value is -2.17. The van der Waals surface area contributed by atoms with Crippen molar-refractivity contribution in [3.63, 3.8) is 0 Å². The maximum absolute atomic E-state index is 12.0. The van der Waals surface area contributed by atoms with E-state index in [1.54, 1.807) is 16.8 Å². The smallest absolute Gasteiger partial charge is 0.480 e. The molecule has 8 heteroatoms. The second-order valence-corrected chi connectivity index (χ2v) is 5.16. The average molecular weight is 576 g/mol. The number of carboxylic acid groups (broad SMARTS) is 1. The molecule has 2 aromatic heterocycles. The largest absolute Gasteiger partial charge is 2.00 e. The summed E-state index contributed by atoms with van der Waals surface area (Å²) in [6.07, 6.45) is 2.54. The van der Waals surface area contributed by atoms with Crippen LogP contribution in [0, 0.1) is 44.6 Å². The first-order chi connectivity index (χ1) is 11.6. The number of rotatable bonds is 5. The Morgan fingerprint density at radius 1 is 1.31 bits per heavy atom. The van der Waals surface area contributed by atoms with Crippen LogP contribution in [0.4, 0.5) is 0 Å². The molecular weight excluding hydrogens is 558 g/mol. The Morgan fingerprint density at radius 2 is 2.08 bits per heavy atom. The van der Waals surface area contributed by atoms with Crippen LogP contribution in [0.15, 0.2) is 36.5 Å². The number of amides is 1. The van der Waals surface area contributed by atoms with E-state index in [9.17, 15) is 9.59 Å². The zero-order valence-electron chi connectivity index (χ0n) is 14.5. The molecule has 0 saturated heterocycles. The Balaban J connectivity index is 0.00000169. The van der Waals surface area contributed by atoms with Crippen molar-refractivity contribution in [2.75, 3.05) is 6.54 Å². The molecule has 132 valence electrons. The quantitative estimate of drug-likeness (QED) is 0.454. The first kappa shape index (κ1) is 21.9. The third kappa shape index (κ3) is 4.71. The fourth-order valence-electron chi connectivity index (χ4n) is 2.31. The summed E-state index contributed by atoms with van der Waals surface area (Å²) in [6, 6.07) is 12.4. The minimum absolute atomic E-state index is 0. The van der Waals surface area contributed by atoms with Gasteiger partial charge in [0.05, 0.1) is 0 Å². The van der Waals surface area contributed by atoms with Gasteiger partial charge in [-0.25, -0.2) is 9.50 Å². The number of hydrogen-bond donors (Lipinski definition) is 2. The van der Waals surface area contributed by atoms with Crippen LogP contribution in [0.5, 0.6) is 0 Å². The third-order valence-corrected chi connectivity index (χ3v) is 3.54. The molecule has 0 unspecified atom stereocenters. The van der Waals surface area contributed by atoms with E-state index < -0.39 is 18.4 Å². The average Bonchev–Trinajstić information content (AvgIpc) is 3.04. The van der Waals surface area contributed by atoms with Crippen molar-refractivity contribution in [3.8, 4) is 11.3 Å². The van der Waals surface area contributed by atoms with Crippen LogP contribution in [0.1, 0.15) is 23.0 Å². The van der Waals surface area contributed by atoms with Gasteiger partial charge in [0.25, 0.3) is 5.91 Å². The van der Waals surface area contributed by atoms with Crippen molar-refractivity contribution in [3.05, 3.63) is 61.3 Å². The van der Waals surface area contributed by atoms with Crippen molar-refractivity contribution < 1.29 is 45.8 Å². The molecule has 0 bridgehead atoms. The molecule has 2 N–H and O–H groups in total. The fraction of sp³-hybridized carbons (Fsp3) is 0.167. The molecule has 0 atom stereocenters.